The summed E-state index contributed by atoms with van der Waals surface area (Å²) in [5.74, 6) is 0. The molecule has 0 aliphatic carbocycles. The maximum atomic E-state index is 9.36. The molecular formula is C18H28N3O+. The number of unbranched alkanes of at least 4 members (excludes halogenated alkanes) is 2. The standard InChI is InChI=1S/C18H28N3O/c1-3-5-7-15-14-18(21-9-11-22-12-10-21)16(8-6-4-2)13-17(15)20-19/h13-14H,3-12H2,1-2H3/q+1. The van der Waals surface area contributed by atoms with Gasteiger partial charge in [0.15, 0.2) is 4.98 Å². The highest BCUT2D eigenvalue weighted by Gasteiger charge is 2.22. The molecule has 22 heavy (non-hydrogen) atoms. The lowest BCUT2D eigenvalue weighted by atomic mass is 9.98. The number of hydrogen-bond acceptors (Lipinski definition) is 3. The summed E-state index contributed by atoms with van der Waals surface area (Å²) in [4.78, 5) is 5.96. The van der Waals surface area contributed by atoms with Crippen LogP contribution in [0.15, 0.2) is 12.1 Å². The van der Waals surface area contributed by atoms with Crippen molar-refractivity contribution in [3.05, 3.63) is 28.2 Å². The maximum absolute atomic E-state index is 9.36. The van der Waals surface area contributed by atoms with E-state index in [9.17, 15) is 5.39 Å². The van der Waals surface area contributed by atoms with Crippen molar-refractivity contribution in [3.63, 3.8) is 0 Å². The number of benzene rings is 1. The van der Waals surface area contributed by atoms with E-state index in [1.165, 1.54) is 17.7 Å². The highest BCUT2D eigenvalue weighted by molar-refractivity contribution is 5.66. The summed E-state index contributed by atoms with van der Waals surface area (Å²) >= 11 is 0. The van der Waals surface area contributed by atoms with Gasteiger partial charge in [-0.1, -0.05) is 26.7 Å². The Morgan fingerprint density at radius 3 is 2.27 bits per heavy atom. The van der Waals surface area contributed by atoms with E-state index in [2.05, 4.69) is 35.9 Å². The Labute approximate surface area is 134 Å². The molecule has 0 bridgehead atoms. The number of hydrogen-bond donors (Lipinski definition) is 0. The van der Waals surface area contributed by atoms with Crippen LogP contribution in [-0.4, -0.2) is 26.3 Å². The van der Waals surface area contributed by atoms with Crippen LogP contribution in [0.25, 0.3) is 4.98 Å². The number of diazo groups is 1. The van der Waals surface area contributed by atoms with Gasteiger partial charge in [0, 0.05) is 30.4 Å². The fraction of sp³-hybridized carbons (Fsp3) is 0.667. The molecule has 0 atom stereocenters. The van der Waals surface area contributed by atoms with E-state index in [0.29, 0.717) is 0 Å². The van der Waals surface area contributed by atoms with E-state index in [1.807, 2.05) is 0 Å². The summed E-state index contributed by atoms with van der Waals surface area (Å²) in [7, 11) is 0. The van der Waals surface area contributed by atoms with E-state index in [0.717, 1.165) is 69.7 Å². The molecule has 0 aromatic heterocycles. The minimum atomic E-state index is 0.747. The molecule has 0 radical (unpaired) electrons. The van der Waals surface area contributed by atoms with Gasteiger partial charge in [0.05, 0.1) is 13.2 Å². The van der Waals surface area contributed by atoms with Gasteiger partial charge in [-0.2, -0.15) is 0 Å². The second-order valence-electron chi connectivity index (χ2n) is 6.02. The first-order valence-electron chi connectivity index (χ1n) is 8.63. The first-order valence-corrected chi connectivity index (χ1v) is 8.63. The molecule has 1 heterocycles. The number of aryl methyl sites for hydroxylation is 2. The van der Waals surface area contributed by atoms with Crippen LogP contribution in [-0.2, 0) is 17.6 Å². The van der Waals surface area contributed by atoms with E-state index in [4.69, 9.17) is 4.74 Å². The minimum absolute atomic E-state index is 0.747. The van der Waals surface area contributed by atoms with Crippen LogP contribution >= 0.6 is 0 Å². The number of anilines is 1. The average molecular weight is 302 g/mol. The highest BCUT2D eigenvalue weighted by atomic mass is 16.5. The van der Waals surface area contributed by atoms with Crippen molar-refractivity contribution < 1.29 is 4.74 Å². The van der Waals surface area contributed by atoms with Crippen LogP contribution in [0, 0.1) is 5.39 Å². The Morgan fingerprint density at radius 2 is 1.68 bits per heavy atom. The predicted octanol–water partition coefficient (Wildman–Crippen LogP) is 4.69. The Kier molecular flexibility index (Phi) is 6.67. The van der Waals surface area contributed by atoms with E-state index < -0.39 is 0 Å². The second kappa shape index (κ2) is 8.75. The van der Waals surface area contributed by atoms with Gasteiger partial charge in [-0.05, 0) is 37.3 Å². The third-order valence-electron chi connectivity index (χ3n) is 4.34. The van der Waals surface area contributed by atoms with Gasteiger partial charge >= 0.3 is 5.69 Å². The number of morpholine rings is 1. The van der Waals surface area contributed by atoms with Crippen molar-refractivity contribution in [1.29, 1.82) is 5.39 Å². The Morgan fingerprint density at radius 1 is 1.05 bits per heavy atom. The maximum Gasteiger partial charge on any atom is 0.388 e. The van der Waals surface area contributed by atoms with E-state index in [1.54, 1.807) is 0 Å². The molecule has 120 valence electrons. The Balaban J connectivity index is 2.34. The highest BCUT2D eigenvalue weighted by Crippen LogP contribution is 2.32. The fourth-order valence-electron chi connectivity index (χ4n) is 2.99. The van der Waals surface area contributed by atoms with Gasteiger partial charge in [-0.25, -0.2) is 0 Å². The second-order valence-corrected chi connectivity index (χ2v) is 6.02. The molecule has 1 aromatic rings. The van der Waals surface area contributed by atoms with Crippen molar-refractivity contribution in [2.45, 2.75) is 52.4 Å². The molecule has 0 unspecified atom stereocenters. The number of nitrogens with zero attached hydrogens (tertiary/aromatic N) is 3. The predicted molar refractivity (Wildman–Crippen MR) is 91.4 cm³/mol. The minimum Gasteiger partial charge on any atom is -0.378 e. The smallest absolute Gasteiger partial charge is 0.378 e. The Bertz CT molecular complexity index is 516. The number of rotatable bonds is 7. The molecule has 0 spiro atoms. The van der Waals surface area contributed by atoms with Crippen molar-refractivity contribution in [3.8, 4) is 0 Å². The lowest BCUT2D eigenvalue weighted by molar-refractivity contribution is 0.122. The van der Waals surface area contributed by atoms with Crippen LogP contribution in [0.2, 0.25) is 0 Å². The summed E-state index contributed by atoms with van der Waals surface area (Å²) in [5.41, 5.74) is 4.52. The summed E-state index contributed by atoms with van der Waals surface area (Å²) in [6.07, 6.45) is 6.62. The molecule has 1 aliphatic heterocycles. The zero-order valence-electron chi connectivity index (χ0n) is 14.0. The van der Waals surface area contributed by atoms with Gasteiger partial charge in [0.2, 0.25) is 5.39 Å². The first kappa shape index (κ1) is 16.8. The lowest BCUT2D eigenvalue weighted by Gasteiger charge is -2.31. The number of ether oxygens (including phenoxy) is 1. The summed E-state index contributed by atoms with van der Waals surface area (Å²) < 4.78 is 5.48. The van der Waals surface area contributed by atoms with Gasteiger partial charge in [-0.3, -0.25) is 0 Å². The molecule has 1 saturated heterocycles. The zero-order chi connectivity index (χ0) is 15.8. The van der Waals surface area contributed by atoms with Crippen LogP contribution in [0.4, 0.5) is 11.4 Å². The average Bonchev–Trinajstić information content (AvgIpc) is 2.58. The molecule has 2 rings (SSSR count). The van der Waals surface area contributed by atoms with Crippen molar-refractivity contribution in [2.75, 3.05) is 31.2 Å². The van der Waals surface area contributed by atoms with Crippen LogP contribution in [0.1, 0.15) is 50.7 Å². The summed E-state index contributed by atoms with van der Waals surface area (Å²) in [6.45, 7) is 7.88. The van der Waals surface area contributed by atoms with Crippen LogP contribution < -0.4 is 4.90 Å². The molecule has 1 aliphatic rings. The summed E-state index contributed by atoms with van der Waals surface area (Å²) in [6, 6.07) is 4.34. The monoisotopic (exact) mass is 302 g/mol. The SMILES string of the molecule is CCCCc1cc(N2CCOCC2)c(CCCC)cc1[N+]#N. The van der Waals surface area contributed by atoms with Crippen LogP contribution in [0.5, 0.6) is 0 Å². The van der Waals surface area contributed by atoms with Crippen molar-refractivity contribution >= 4 is 11.4 Å². The topological polar surface area (TPSA) is 40.6 Å². The van der Waals surface area contributed by atoms with Crippen molar-refractivity contribution in [2.24, 2.45) is 0 Å². The molecule has 0 saturated carbocycles. The fourth-order valence-corrected chi connectivity index (χ4v) is 2.99. The third-order valence-corrected chi connectivity index (χ3v) is 4.34. The van der Waals surface area contributed by atoms with Gasteiger partial charge in [0.1, 0.15) is 0 Å². The van der Waals surface area contributed by atoms with Crippen molar-refractivity contribution in [1.82, 2.24) is 0 Å². The summed E-state index contributed by atoms with van der Waals surface area (Å²) in [5, 5.41) is 9.36. The van der Waals surface area contributed by atoms with Crippen LogP contribution in [0.3, 0.4) is 0 Å². The first-order chi connectivity index (χ1) is 10.8. The van der Waals surface area contributed by atoms with Gasteiger partial charge < -0.3 is 9.64 Å². The molecule has 1 fully saturated rings. The molecule has 0 N–H and O–H groups in total. The normalized spacial score (nSPS) is 14.9. The van der Waals surface area contributed by atoms with E-state index in [-0.39, 0.29) is 0 Å². The van der Waals surface area contributed by atoms with Gasteiger partial charge in [0.25, 0.3) is 0 Å². The third kappa shape index (κ3) is 4.20. The molecule has 4 nitrogen and oxygen atoms in total. The van der Waals surface area contributed by atoms with Gasteiger partial charge in [-0.15, -0.1) is 0 Å². The zero-order valence-corrected chi connectivity index (χ0v) is 14.0. The molecule has 1 aromatic carbocycles. The molecular weight excluding hydrogens is 274 g/mol. The molecule has 4 heteroatoms. The Hall–Kier alpha value is -1.60. The van der Waals surface area contributed by atoms with E-state index >= 15 is 0 Å². The molecule has 0 amide bonds. The largest absolute Gasteiger partial charge is 0.388 e. The lowest BCUT2D eigenvalue weighted by Crippen LogP contribution is -2.36. The quantitative estimate of drug-likeness (QED) is 0.686.